The molecule has 6 nitrogen and oxygen atoms in total. The summed E-state index contributed by atoms with van der Waals surface area (Å²) in [5, 5.41) is 19.3. The molecule has 0 heterocycles. The standard InChI is InChI=1S/C12H15NO5/c1-8-6-9(2)11(7-10(8)13(16)17)18-5-3-4-12(14)15/h6-7H,3-5H2,1-2H3,(H,14,15). The summed E-state index contributed by atoms with van der Waals surface area (Å²) in [5.74, 6) is -0.456. The summed E-state index contributed by atoms with van der Waals surface area (Å²) in [6.45, 7) is 3.69. The summed E-state index contributed by atoms with van der Waals surface area (Å²) in [7, 11) is 0. The van der Waals surface area contributed by atoms with Gasteiger partial charge in [-0.25, -0.2) is 0 Å². The highest BCUT2D eigenvalue weighted by Gasteiger charge is 2.14. The van der Waals surface area contributed by atoms with Crippen molar-refractivity contribution in [2.24, 2.45) is 0 Å². The molecule has 1 aromatic rings. The van der Waals surface area contributed by atoms with E-state index in [-0.39, 0.29) is 18.7 Å². The van der Waals surface area contributed by atoms with Crippen LogP contribution in [0.3, 0.4) is 0 Å². The second-order valence-corrected chi connectivity index (χ2v) is 4.01. The number of rotatable bonds is 6. The molecule has 0 spiro atoms. The minimum atomic E-state index is -0.884. The molecule has 0 saturated carbocycles. The molecule has 1 N–H and O–H groups in total. The predicted octanol–water partition coefficient (Wildman–Crippen LogP) is 2.46. The van der Waals surface area contributed by atoms with E-state index in [9.17, 15) is 14.9 Å². The van der Waals surface area contributed by atoms with Gasteiger partial charge in [0.2, 0.25) is 0 Å². The van der Waals surface area contributed by atoms with Crippen LogP contribution < -0.4 is 4.74 Å². The Balaban J connectivity index is 2.73. The average molecular weight is 253 g/mol. The van der Waals surface area contributed by atoms with E-state index in [1.54, 1.807) is 19.9 Å². The van der Waals surface area contributed by atoms with Gasteiger partial charge in [-0.1, -0.05) is 0 Å². The fourth-order valence-corrected chi connectivity index (χ4v) is 1.58. The van der Waals surface area contributed by atoms with Crippen LogP contribution in [-0.2, 0) is 4.79 Å². The second kappa shape index (κ2) is 6.00. The second-order valence-electron chi connectivity index (χ2n) is 4.01. The van der Waals surface area contributed by atoms with Gasteiger partial charge >= 0.3 is 5.97 Å². The van der Waals surface area contributed by atoms with Crippen molar-refractivity contribution >= 4 is 11.7 Å². The van der Waals surface area contributed by atoms with Crippen LogP contribution in [0, 0.1) is 24.0 Å². The molecule has 0 aromatic heterocycles. The Labute approximate surface area is 104 Å². The summed E-state index contributed by atoms with van der Waals surface area (Å²) >= 11 is 0. The number of aryl methyl sites for hydroxylation is 2. The van der Waals surface area contributed by atoms with Crippen LogP contribution in [0.15, 0.2) is 12.1 Å². The van der Waals surface area contributed by atoms with Crippen LogP contribution in [0.2, 0.25) is 0 Å². The Hall–Kier alpha value is -2.11. The fourth-order valence-electron chi connectivity index (χ4n) is 1.58. The number of aliphatic carboxylic acids is 1. The van der Waals surface area contributed by atoms with Crippen LogP contribution in [-0.4, -0.2) is 22.6 Å². The van der Waals surface area contributed by atoms with Crippen molar-refractivity contribution in [1.29, 1.82) is 0 Å². The van der Waals surface area contributed by atoms with Gasteiger partial charge in [0.05, 0.1) is 17.6 Å². The quantitative estimate of drug-likeness (QED) is 0.477. The van der Waals surface area contributed by atoms with Crippen LogP contribution >= 0.6 is 0 Å². The van der Waals surface area contributed by atoms with E-state index in [4.69, 9.17) is 9.84 Å². The lowest BCUT2D eigenvalue weighted by Crippen LogP contribution is -2.04. The first-order chi connectivity index (χ1) is 8.41. The zero-order valence-corrected chi connectivity index (χ0v) is 10.3. The molecule has 6 heteroatoms. The predicted molar refractivity (Wildman–Crippen MR) is 64.9 cm³/mol. The molecule has 0 aliphatic carbocycles. The SMILES string of the molecule is Cc1cc(C)c([N+](=O)[O-])cc1OCCCC(=O)O. The Kier molecular flexibility index (Phi) is 4.65. The van der Waals surface area contributed by atoms with Crippen molar-refractivity contribution < 1.29 is 19.6 Å². The molecular formula is C12H15NO5. The van der Waals surface area contributed by atoms with Crippen molar-refractivity contribution in [3.63, 3.8) is 0 Å². The lowest BCUT2D eigenvalue weighted by Gasteiger charge is -2.09. The molecule has 0 amide bonds. The highest BCUT2D eigenvalue weighted by molar-refractivity contribution is 5.66. The molecule has 0 fully saturated rings. The molecule has 0 radical (unpaired) electrons. The van der Waals surface area contributed by atoms with Crippen molar-refractivity contribution in [3.05, 3.63) is 33.4 Å². The first kappa shape index (κ1) is 14.0. The summed E-state index contributed by atoms with van der Waals surface area (Å²) in [6.07, 6.45) is 0.392. The number of hydrogen-bond acceptors (Lipinski definition) is 4. The Bertz CT molecular complexity index is 470. The number of nitro benzene ring substituents is 1. The maximum absolute atomic E-state index is 10.8. The fraction of sp³-hybridized carbons (Fsp3) is 0.417. The van der Waals surface area contributed by atoms with E-state index < -0.39 is 10.9 Å². The molecule has 0 atom stereocenters. The van der Waals surface area contributed by atoms with Gasteiger partial charge in [0.15, 0.2) is 0 Å². The van der Waals surface area contributed by atoms with Gasteiger partial charge in [-0.3, -0.25) is 14.9 Å². The van der Waals surface area contributed by atoms with Crippen molar-refractivity contribution in [2.75, 3.05) is 6.61 Å². The number of carbonyl (C=O) groups is 1. The van der Waals surface area contributed by atoms with Gasteiger partial charge < -0.3 is 9.84 Å². The molecular weight excluding hydrogens is 238 g/mol. The zero-order chi connectivity index (χ0) is 13.7. The first-order valence-electron chi connectivity index (χ1n) is 5.52. The smallest absolute Gasteiger partial charge is 0.303 e. The first-order valence-corrected chi connectivity index (χ1v) is 5.52. The lowest BCUT2D eigenvalue weighted by molar-refractivity contribution is -0.385. The molecule has 18 heavy (non-hydrogen) atoms. The van der Waals surface area contributed by atoms with Crippen LogP contribution in [0.5, 0.6) is 5.75 Å². The topological polar surface area (TPSA) is 89.7 Å². The summed E-state index contributed by atoms with van der Waals surface area (Å²) in [4.78, 5) is 20.6. The number of nitro groups is 1. The van der Waals surface area contributed by atoms with E-state index >= 15 is 0 Å². The molecule has 1 aromatic carbocycles. The Morgan fingerprint density at radius 2 is 2.06 bits per heavy atom. The van der Waals surface area contributed by atoms with E-state index in [0.717, 1.165) is 5.56 Å². The molecule has 98 valence electrons. The number of ether oxygens (including phenoxy) is 1. The molecule has 0 unspecified atom stereocenters. The van der Waals surface area contributed by atoms with Gasteiger partial charge in [0, 0.05) is 12.0 Å². The van der Waals surface area contributed by atoms with Gasteiger partial charge in [-0.05, 0) is 31.9 Å². The van der Waals surface area contributed by atoms with Gasteiger partial charge in [-0.2, -0.15) is 0 Å². The van der Waals surface area contributed by atoms with Crippen molar-refractivity contribution in [1.82, 2.24) is 0 Å². The summed E-state index contributed by atoms with van der Waals surface area (Å²) < 4.78 is 5.37. The largest absolute Gasteiger partial charge is 0.493 e. The molecule has 1 rings (SSSR count). The maximum atomic E-state index is 10.8. The highest BCUT2D eigenvalue weighted by atomic mass is 16.6. The van der Waals surface area contributed by atoms with E-state index in [1.807, 2.05) is 0 Å². The normalized spacial score (nSPS) is 10.1. The van der Waals surface area contributed by atoms with E-state index in [1.165, 1.54) is 6.07 Å². The number of carboxylic acid groups (broad SMARTS) is 1. The molecule has 0 bridgehead atoms. The number of nitrogens with zero attached hydrogens (tertiary/aromatic N) is 1. The van der Waals surface area contributed by atoms with E-state index in [2.05, 4.69) is 0 Å². The van der Waals surface area contributed by atoms with Gasteiger partial charge in [-0.15, -0.1) is 0 Å². The third kappa shape index (κ3) is 3.73. The summed E-state index contributed by atoms with van der Waals surface area (Å²) in [5.41, 5.74) is 1.39. The van der Waals surface area contributed by atoms with Crippen LogP contribution in [0.25, 0.3) is 0 Å². The number of benzene rings is 1. The molecule has 0 aliphatic rings. The lowest BCUT2D eigenvalue weighted by atomic mass is 10.1. The summed E-state index contributed by atoms with van der Waals surface area (Å²) in [6, 6.07) is 3.07. The van der Waals surface area contributed by atoms with Gasteiger partial charge in [0.25, 0.3) is 5.69 Å². The molecule has 0 aliphatic heterocycles. The van der Waals surface area contributed by atoms with Crippen molar-refractivity contribution in [2.45, 2.75) is 26.7 Å². The third-order valence-electron chi connectivity index (χ3n) is 2.48. The van der Waals surface area contributed by atoms with Gasteiger partial charge in [0.1, 0.15) is 5.75 Å². The number of hydrogen-bond donors (Lipinski definition) is 1. The van der Waals surface area contributed by atoms with Crippen LogP contribution in [0.4, 0.5) is 5.69 Å². The number of carboxylic acids is 1. The maximum Gasteiger partial charge on any atom is 0.303 e. The zero-order valence-electron chi connectivity index (χ0n) is 10.3. The van der Waals surface area contributed by atoms with Crippen molar-refractivity contribution in [3.8, 4) is 5.75 Å². The average Bonchev–Trinajstić information content (AvgIpc) is 2.25. The Morgan fingerprint density at radius 3 is 2.61 bits per heavy atom. The molecule has 0 saturated heterocycles. The van der Waals surface area contributed by atoms with Crippen LogP contribution in [0.1, 0.15) is 24.0 Å². The minimum Gasteiger partial charge on any atom is -0.493 e. The van der Waals surface area contributed by atoms with E-state index in [0.29, 0.717) is 17.7 Å². The Morgan fingerprint density at radius 1 is 1.39 bits per heavy atom. The minimum absolute atomic E-state index is 0.00818. The monoisotopic (exact) mass is 253 g/mol. The highest BCUT2D eigenvalue weighted by Crippen LogP contribution is 2.28. The third-order valence-corrected chi connectivity index (χ3v) is 2.48.